The van der Waals surface area contributed by atoms with Gasteiger partial charge in [-0.15, -0.1) is 0 Å². The van der Waals surface area contributed by atoms with Gasteiger partial charge in [0.05, 0.1) is 12.1 Å². The second-order valence-electron chi connectivity index (χ2n) is 6.08. The summed E-state index contributed by atoms with van der Waals surface area (Å²) in [5.41, 5.74) is 0.654. The normalized spacial score (nSPS) is 22.0. The van der Waals surface area contributed by atoms with E-state index >= 15 is 0 Å². The smallest absolute Gasteiger partial charge is 0.279 e. The summed E-state index contributed by atoms with van der Waals surface area (Å²) < 4.78 is 40.7. The third kappa shape index (κ3) is 4.10. The SMILES string of the molecule is Cc1ccc(C(=O)N2CC[C@@H](NS(=O)(=O)N(C)C)[C@H](O)C2)cc1F. The van der Waals surface area contributed by atoms with Crippen LogP contribution in [-0.2, 0) is 10.2 Å². The van der Waals surface area contributed by atoms with Crippen LogP contribution in [0.2, 0.25) is 0 Å². The summed E-state index contributed by atoms with van der Waals surface area (Å²) in [6.45, 7) is 1.86. The Morgan fingerprint density at radius 3 is 2.62 bits per heavy atom. The lowest BCUT2D eigenvalue weighted by Gasteiger charge is -2.36. The predicted molar refractivity (Wildman–Crippen MR) is 87.2 cm³/mol. The number of rotatable bonds is 4. The zero-order valence-electron chi connectivity index (χ0n) is 13.9. The largest absolute Gasteiger partial charge is 0.390 e. The maximum Gasteiger partial charge on any atom is 0.279 e. The summed E-state index contributed by atoms with van der Waals surface area (Å²) in [4.78, 5) is 13.8. The third-order valence-electron chi connectivity index (χ3n) is 4.07. The summed E-state index contributed by atoms with van der Waals surface area (Å²) in [6.07, 6.45) is -0.762. The van der Waals surface area contributed by atoms with Gasteiger partial charge in [0.1, 0.15) is 5.82 Å². The van der Waals surface area contributed by atoms with Gasteiger partial charge in [-0.3, -0.25) is 4.79 Å². The van der Waals surface area contributed by atoms with E-state index in [1.807, 2.05) is 0 Å². The van der Waals surface area contributed by atoms with Crippen molar-refractivity contribution in [1.82, 2.24) is 13.9 Å². The molecule has 1 heterocycles. The Bertz CT molecular complexity index is 723. The third-order valence-corrected chi connectivity index (χ3v) is 5.63. The molecule has 134 valence electrons. The molecule has 0 radical (unpaired) electrons. The Hall–Kier alpha value is -1.55. The number of nitrogens with one attached hydrogen (secondary N) is 1. The molecule has 1 fully saturated rings. The zero-order chi connectivity index (χ0) is 18.1. The van der Waals surface area contributed by atoms with E-state index in [2.05, 4.69) is 4.72 Å². The van der Waals surface area contributed by atoms with Gasteiger partial charge in [0.15, 0.2) is 0 Å². The van der Waals surface area contributed by atoms with Crippen molar-refractivity contribution < 1.29 is 22.7 Å². The fourth-order valence-electron chi connectivity index (χ4n) is 2.46. The van der Waals surface area contributed by atoms with Gasteiger partial charge in [0.2, 0.25) is 0 Å². The molecule has 0 saturated carbocycles. The van der Waals surface area contributed by atoms with E-state index in [1.54, 1.807) is 6.92 Å². The van der Waals surface area contributed by atoms with Crippen molar-refractivity contribution in [2.75, 3.05) is 27.2 Å². The number of hydrogen-bond donors (Lipinski definition) is 2. The molecule has 7 nitrogen and oxygen atoms in total. The number of halogens is 1. The second kappa shape index (κ2) is 7.14. The van der Waals surface area contributed by atoms with E-state index in [-0.39, 0.29) is 31.0 Å². The fraction of sp³-hybridized carbons (Fsp3) is 0.533. The molecular weight excluding hydrogens is 337 g/mol. The van der Waals surface area contributed by atoms with Gasteiger partial charge in [-0.2, -0.15) is 17.4 Å². The highest BCUT2D eigenvalue weighted by atomic mass is 32.2. The Morgan fingerprint density at radius 2 is 2.08 bits per heavy atom. The summed E-state index contributed by atoms with van der Waals surface area (Å²) in [5, 5.41) is 10.2. The van der Waals surface area contributed by atoms with Gasteiger partial charge in [0.25, 0.3) is 16.1 Å². The van der Waals surface area contributed by atoms with Crippen LogP contribution < -0.4 is 4.72 Å². The van der Waals surface area contributed by atoms with E-state index in [4.69, 9.17) is 0 Å². The molecule has 2 N–H and O–H groups in total. The molecule has 0 spiro atoms. The molecule has 0 aliphatic carbocycles. The van der Waals surface area contributed by atoms with E-state index in [0.717, 1.165) is 4.31 Å². The number of aliphatic hydroxyl groups is 1. The first-order valence-electron chi connectivity index (χ1n) is 7.55. The van der Waals surface area contributed by atoms with Crippen LogP contribution in [-0.4, -0.2) is 68.0 Å². The molecule has 1 aromatic rings. The molecular formula is C15H22FN3O4S. The van der Waals surface area contributed by atoms with Gasteiger partial charge >= 0.3 is 0 Å². The fourth-order valence-corrected chi connectivity index (χ4v) is 3.33. The van der Waals surface area contributed by atoms with Gasteiger partial charge in [-0.1, -0.05) is 6.07 Å². The van der Waals surface area contributed by atoms with E-state index < -0.39 is 28.2 Å². The Kier molecular flexibility index (Phi) is 5.59. The zero-order valence-corrected chi connectivity index (χ0v) is 14.7. The number of aryl methyl sites for hydroxylation is 1. The average Bonchev–Trinajstić information content (AvgIpc) is 2.51. The second-order valence-corrected chi connectivity index (χ2v) is 8.00. The maximum atomic E-state index is 13.6. The van der Waals surface area contributed by atoms with E-state index in [0.29, 0.717) is 5.56 Å². The highest BCUT2D eigenvalue weighted by molar-refractivity contribution is 7.87. The van der Waals surface area contributed by atoms with Crippen molar-refractivity contribution in [3.63, 3.8) is 0 Å². The van der Waals surface area contributed by atoms with Crippen LogP contribution >= 0.6 is 0 Å². The van der Waals surface area contributed by atoms with Gasteiger partial charge < -0.3 is 10.0 Å². The van der Waals surface area contributed by atoms with Crippen LogP contribution in [0.4, 0.5) is 4.39 Å². The molecule has 2 atom stereocenters. The first-order chi connectivity index (χ1) is 11.1. The van der Waals surface area contributed by atoms with Gasteiger partial charge in [-0.05, 0) is 31.0 Å². The molecule has 0 aromatic heterocycles. The number of piperidine rings is 1. The van der Waals surface area contributed by atoms with Crippen molar-refractivity contribution in [2.24, 2.45) is 0 Å². The number of hydrogen-bond acceptors (Lipinski definition) is 4. The van der Waals surface area contributed by atoms with Gasteiger partial charge in [-0.25, -0.2) is 4.39 Å². The number of carbonyl (C=O) groups is 1. The molecule has 1 amide bonds. The number of benzene rings is 1. The van der Waals surface area contributed by atoms with Crippen LogP contribution in [0.3, 0.4) is 0 Å². The lowest BCUT2D eigenvalue weighted by atomic mass is 10.0. The van der Waals surface area contributed by atoms with Crippen molar-refractivity contribution in [1.29, 1.82) is 0 Å². The molecule has 0 unspecified atom stereocenters. The number of aliphatic hydroxyl groups excluding tert-OH is 1. The molecule has 1 aromatic carbocycles. The summed E-state index contributed by atoms with van der Waals surface area (Å²) in [7, 11) is -0.884. The molecule has 1 saturated heterocycles. The molecule has 1 aliphatic heterocycles. The minimum absolute atomic E-state index is 0.0189. The van der Waals surface area contributed by atoms with Crippen molar-refractivity contribution in [3.8, 4) is 0 Å². The molecule has 1 aliphatic rings. The predicted octanol–water partition coefficient (Wildman–Crippen LogP) is 0.106. The number of carbonyl (C=O) groups excluding carboxylic acids is 1. The molecule has 2 rings (SSSR count). The standard InChI is InChI=1S/C15H22FN3O4S/c1-10-4-5-11(8-12(10)16)15(21)19-7-6-13(14(20)9-19)17-24(22,23)18(2)3/h4-5,8,13-14,17,20H,6-7,9H2,1-3H3/t13-,14-/m1/s1. The Labute approximate surface area is 141 Å². The minimum Gasteiger partial charge on any atom is -0.390 e. The van der Waals surface area contributed by atoms with Crippen LogP contribution in [0.15, 0.2) is 18.2 Å². The summed E-state index contributed by atoms with van der Waals surface area (Å²) in [5.74, 6) is -0.850. The number of nitrogens with zero attached hydrogens (tertiary/aromatic N) is 2. The van der Waals surface area contributed by atoms with Crippen molar-refractivity contribution in [2.45, 2.75) is 25.5 Å². The molecule has 24 heavy (non-hydrogen) atoms. The van der Waals surface area contributed by atoms with E-state index in [9.17, 15) is 22.7 Å². The van der Waals surface area contributed by atoms with Crippen LogP contribution in [0.25, 0.3) is 0 Å². The highest BCUT2D eigenvalue weighted by Gasteiger charge is 2.33. The summed E-state index contributed by atoms with van der Waals surface area (Å²) >= 11 is 0. The minimum atomic E-state index is -3.66. The van der Waals surface area contributed by atoms with Crippen molar-refractivity contribution in [3.05, 3.63) is 35.1 Å². The Balaban J connectivity index is 2.04. The van der Waals surface area contributed by atoms with Crippen LogP contribution in [0, 0.1) is 12.7 Å². The maximum absolute atomic E-state index is 13.6. The lowest BCUT2D eigenvalue weighted by molar-refractivity contribution is 0.0364. The highest BCUT2D eigenvalue weighted by Crippen LogP contribution is 2.17. The average molecular weight is 359 g/mol. The Morgan fingerprint density at radius 1 is 1.42 bits per heavy atom. The van der Waals surface area contributed by atoms with Gasteiger partial charge in [0, 0.05) is 32.7 Å². The number of amides is 1. The van der Waals surface area contributed by atoms with Crippen LogP contribution in [0.5, 0.6) is 0 Å². The topological polar surface area (TPSA) is 90.0 Å². The number of β-amino-alcohol motifs (C(OH)–C–C–N with tert-alkyl or cyclic N) is 1. The number of likely N-dealkylation sites (tertiary alicyclic amines) is 1. The lowest BCUT2D eigenvalue weighted by Crippen LogP contribution is -2.56. The van der Waals surface area contributed by atoms with E-state index in [1.165, 1.54) is 37.2 Å². The first-order valence-corrected chi connectivity index (χ1v) is 8.99. The van der Waals surface area contributed by atoms with Crippen molar-refractivity contribution >= 4 is 16.1 Å². The first kappa shape index (κ1) is 18.8. The molecule has 0 bridgehead atoms. The monoisotopic (exact) mass is 359 g/mol. The quantitative estimate of drug-likeness (QED) is 0.798. The molecule has 9 heteroatoms. The van der Waals surface area contributed by atoms with Crippen LogP contribution in [0.1, 0.15) is 22.3 Å². The summed E-state index contributed by atoms with van der Waals surface area (Å²) in [6, 6.07) is 3.56.